The van der Waals surface area contributed by atoms with Crippen molar-refractivity contribution in [3.63, 3.8) is 0 Å². The van der Waals surface area contributed by atoms with Gasteiger partial charge in [-0.2, -0.15) is 0 Å². The first-order valence-electron chi connectivity index (χ1n) is 5.78. The Morgan fingerprint density at radius 3 is 2.57 bits per heavy atom. The first kappa shape index (κ1) is 14.7. The molecule has 2 rings (SSSR count). The van der Waals surface area contributed by atoms with Crippen molar-refractivity contribution >= 4 is 27.1 Å². The summed E-state index contributed by atoms with van der Waals surface area (Å²) in [7, 11) is -3.94. The highest BCUT2D eigenvalue weighted by Gasteiger charge is 2.20. The second kappa shape index (κ2) is 5.37. The van der Waals surface area contributed by atoms with E-state index in [1.807, 2.05) is 0 Å². The van der Waals surface area contributed by atoms with Gasteiger partial charge in [-0.25, -0.2) is 8.42 Å². The average Bonchev–Trinajstić information content (AvgIpc) is 2.37. The minimum atomic E-state index is -3.94. The molecule has 8 nitrogen and oxygen atoms in total. The Balaban J connectivity index is 2.38. The van der Waals surface area contributed by atoms with Crippen molar-refractivity contribution in [3.05, 3.63) is 52.3 Å². The summed E-state index contributed by atoms with van der Waals surface area (Å²) in [6, 6.07) is 4.79. The maximum Gasteiger partial charge on any atom is 0.271 e. The molecule has 110 valence electrons. The summed E-state index contributed by atoms with van der Waals surface area (Å²) in [4.78, 5) is 13.6. The molecule has 0 amide bonds. The van der Waals surface area contributed by atoms with Gasteiger partial charge < -0.3 is 5.73 Å². The molecule has 0 aliphatic heterocycles. The smallest absolute Gasteiger partial charge is 0.271 e. The number of aromatic nitrogens is 1. The molecule has 1 aromatic heterocycles. The summed E-state index contributed by atoms with van der Waals surface area (Å²) in [5, 5.41) is 10.6. The van der Waals surface area contributed by atoms with Crippen LogP contribution in [-0.2, 0) is 10.0 Å². The van der Waals surface area contributed by atoms with Crippen molar-refractivity contribution in [2.24, 2.45) is 0 Å². The maximum absolute atomic E-state index is 12.2. The number of pyridine rings is 1. The summed E-state index contributed by atoms with van der Waals surface area (Å²) < 4.78 is 26.8. The number of hydrogen-bond donors (Lipinski definition) is 2. The third kappa shape index (κ3) is 3.26. The minimum absolute atomic E-state index is 0.197. The van der Waals surface area contributed by atoms with Crippen LogP contribution in [0.25, 0.3) is 0 Å². The Kier molecular flexibility index (Phi) is 3.76. The van der Waals surface area contributed by atoms with Crippen LogP contribution in [0.4, 0.5) is 17.1 Å². The monoisotopic (exact) mass is 308 g/mol. The number of hydrogen-bond acceptors (Lipinski definition) is 6. The maximum atomic E-state index is 12.2. The van der Waals surface area contributed by atoms with Crippen LogP contribution >= 0.6 is 0 Å². The van der Waals surface area contributed by atoms with Crippen molar-refractivity contribution in [1.82, 2.24) is 4.98 Å². The highest BCUT2D eigenvalue weighted by Crippen LogP contribution is 2.25. The van der Waals surface area contributed by atoms with Gasteiger partial charge in [0.2, 0.25) is 0 Å². The lowest BCUT2D eigenvalue weighted by molar-refractivity contribution is -0.384. The lowest BCUT2D eigenvalue weighted by atomic mass is 10.3. The average molecular weight is 308 g/mol. The van der Waals surface area contributed by atoms with Crippen LogP contribution in [-0.4, -0.2) is 18.3 Å². The molecule has 0 saturated heterocycles. The third-order valence-electron chi connectivity index (χ3n) is 2.62. The highest BCUT2D eigenvalue weighted by atomic mass is 32.2. The highest BCUT2D eigenvalue weighted by molar-refractivity contribution is 7.92. The number of nitrogens with two attached hydrogens (primary N) is 1. The molecule has 0 unspecified atom stereocenters. The van der Waals surface area contributed by atoms with Gasteiger partial charge in [-0.15, -0.1) is 0 Å². The molecule has 0 atom stereocenters. The molecule has 0 bridgehead atoms. The first-order valence-corrected chi connectivity index (χ1v) is 7.26. The molecular weight excluding hydrogens is 296 g/mol. The number of anilines is 2. The number of benzene rings is 1. The van der Waals surface area contributed by atoms with Gasteiger partial charge in [-0.3, -0.25) is 19.8 Å². The molecule has 0 saturated carbocycles. The number of sulfonamides is 1. The summed E-state index contributed by atoms with van der Waals surface area (Å²) in [5.74, 6) is 0. The molecule has 0 spiro atoms. The number of nitrogen functional groups attached to an aromatic ring is 1. The summed E-state index contributed by atoms with van der Waals surface area (Å²) in [6.07, 6.45) is 2.93. The molecule has 0 aliphatic rings. The van der Waals surface area contributed by atoms with E-state index in [0.717, 1.165) is 23.8 Å². The van der Waals surface area contributed by atoms with Crippen LogP contribution in [0.1, 0.15) is 5.56 Å². The van der Waals surface area contributed by atoms with Gasteiger partial charge in [-0.05, 0) is 24.6 Å². The summed E-state index contributed by atoms with van der Waals surface area (Å²) >= 11 is 0. The predicted octanol–water partition coefficient (Wildman–Crippen LogP) is 1.68. The molecule has 0 radical (unpaired) electrons. The molecule has 1 heterocycles. The van der Waals surface area contributed by atoms with E-state index in [1.54, 1.807) is 19.2 Å². The second-order valence-corrected chi connectivity index (χ2v) is 5.99. The molecule has 0 fully saturated rings. The van der Waals surface area contributed by atoms with Crippen LogP contribution in [0.15, 0.2) is 41.6 Å². The van der Waals surface area contributed by atoms with E-state index in [-0.39, 0.29) is 22.0 Å². The van der Waals surface area contributed by atoms with Gasteiger partial charge in [0.25, 0.3) is 15.7 Å². The summed E-state index contributed by atoms with van der Waals surface area (Å²) in [5.41, 5.74) is 6.19. The van der Waals surface area contributed by atoms with Crippen molar-refractivity contribution in [3.8, 4) is 0 Å². The zero-order valence-electron chi connectivity index (χ0n) is 11.0. The second-order valence-electron chi connectivity index (χ2n) is 4.34. The van der Waals surface area contributed by atoms with E-state index in [9.17, 15) is 18.5 Å². The fraction of sp³-hybridized carbons (Fsp3) is 0.0833. The van der Waals surface area contributed by atoms with E-state index >= 15 is 0 Å². The van der Waals surface area contributed by atoms with E-state index in [2.05, 4.69) is 9.71 Å². The molecule has 9 heteroatoms. The standard InChI is InChI=1S/C12H12N4O4S/c1-8-4-9(7-14-6-8)15-21(19,20)12-3-2-10(16(17)18)5-11(12)13/h2-7,15H,13H2,1H3. The molecule has 0 aliphatic carbocycles. The molecule has 2 aromatic rings. The minimum Gasteiger partial charge on any atom is -0.397 e. The topological polar surface area (TPSA) is 128 Å². The lowest BCUT2D eigenvalue weighted by Crippen LogP contribution is -2.15. The van der Waals surface area contributed by atoms with Gasteiger partial charge in [0.15, 0.2) is 0 Å². The number of non-ortho nitro benzene ring substituents is 1. The quantitative estimate of drug-likeness (QED) is 0.502. The fourth-order valence-corrected chi connectivity index (χ4v) is 2.86. The predicted molar refractivity (Wildman–Crippen MR) is 77.3 cm³/mol. The van der Waals surface area contributed by atoms with Crippen molar-refractivity contribution in [2.45, 2.75) is 11.8 Å². The van der Waals surface area contributed by atoms with Gasteiger partial charge in [0.05, 0.1) is 22.5 Å². The van der Waals surface area contributed by atoms with Crippen LogP contribution < -0.4 is 10.5 Å². The zero-order chi connectivity index (χ0) is 15.6. The Labute approximate surface area is 120 Å². The normalized spacial score (nSPS) is 11.1. The van der Waals surface area contributed by atoms with E-state index in [1.165, 1.54) is 6.20 Å². The lowest BCUT2D eigenvalue weighted by Gasteiger charge is -2.10. The Morgan fingerprint density at radius 2 is 2.00 bits per heavy atom. The fourth-order valence-electron chi connectivity index (χ4n) is 1.72. The number of nitrogens with zero attached hydrogens (tertiary/aromatic N) is 2. The first-order chi connectivity index (χ1) is 9.79. The Morgan fingerprint density at radius 1 is 1.29 bits per heavy atom. The van der Waals surface area contributed by atoms with E-state index in [4.69, 9.17) is 5.73 Å². The summed E-state index contributed by atoms with van der Waals surface area (Å²) in [6.45, 7) is 1.77. The van der Waals surface area contributed by atoms with Crippen molar-refractivity contribution in [1.29, 1.82) is 0 Å². The van der Waals surface area contributed by atoms with Gasteiger partial charge in [0, 0.05) is 18.3 Å². The number of nitro groups is 1. The van der Waals surface area contributed by atoms with E-state index in [0.29, 0.717) is 0 Å². The van der Waals surface area contributed by atoms with E-state index < -0.39 is 14.9 Å². The SMILES string of the molecule is Cc1cncc(NS(=O)(=O)c2ccc([N+](=O)[O-])cc2N)c1. The largest absolute Gasteiger partial charge is 0.397 e. The van der Waals surface area contributed by atoms with Crippen LogP contribution in [0.2, 0.25) is 0 Å². The van der Waals surface area contributed by atoms with Crippen LogP contribution in [0.5, 0.6) is 0 Å². The molecular formula is C12H12N4O4S. The molecule has 21 heavy (non-hydrogen) atoms. The number of aryl methyl sites for hydroxylation is 1. The van der Waals surface area contributed by atoms with Crippen LogP contribution in [0.3, 0.4) is 0 Å². The number of rotatable bonds is 4. The third-order valence-corrected chi connectivity index (χ3v) is 4.08. The van der Waals surface area contributed by atoms with Gasteiger partial charge in [0.1, 0.15) is 4.90 Å². The van der Waals surface area contributed by atoms with Crippen molar-refractivity contribution in [2.75, 3.05) is 10.5 Å². The molecule has 1 aromatic carbocycles. The van der Waals surface area contributed by atoms with Gasteiger partial charge >= 0.3 is 0 Å². The Hall–Kier alpha value is -2.68. The zero-order valence-corrected chi connectivity index (χ0v) is 11.8. The Bertz CT molecular complexity index is 805. The van der Waals surface area contributed by atoms with Gasteiger partial charge in [-0.1, -0.05) is 0 Å². The molecule has 3 N–H and O–H groups in total. The van der Waals surface area contributed by atoms with Crippen molar-refractivity contribution < 1.29 is 13.3 Å². The number of nitrogens with one attached hydrogen (secondary N) is 1. The van der Waals surface area contributed by atoms with Crippen LogP contribution in [0, 0.1) is 17.0 Å². The number of nitro benzene ring substituents is 1.